The van der Waals surface area contributed by atoms with Crippen molar-refractivity contribution in [2.24, 2.45) is 5.92 Å². The molecule has 6 heteroatoms. The van der Waals surface area contributed by atoms with Gasteiger partial charge in [0.25, 0.3) is 5.91 Å². The third-order valence-electron chi connectivity index (χ3n) is 4.83. The summed E-state index contributed by atoms with van der Waals surface area (Å²) >= 11 is 0. The molecule has 140 valence electrons. The Labute approximate surface area is 154 Å². The summed E-state index contributed by atoms with van der Waals surface area (Å²) < 4.78 is 7.04. The normalized spacial score (nSPS) is 17.5. The van der Waals surface area contributed by atoms with Gasteiger partial charge in [0.15, 0.2) is 11.4 Å². The number of ether oxygens (including phenoxy) is 1. The fourth-order valence-electron chi connectivity index (χ4n) is 3.28. The highest BCUT2D eigenvalue weighted by atomic mass is 16.5. The van der Waals surface area contributed by atoms with Gasteiger partial charge in [-0.15, -0.1) is 0 Å². The van der Waals surface area contributed by atoms with E-state index in [0.717, 1.165) is 25.1 Å². The molecule has 6 nitrogen and oxygen atoms in total. The number of carbonyl (C=O) groups is 1. The molecule has 2 heterocycles. The molecule has 1 aliphatic heterocycles. The quantitative estimate of drug-likeness (QED) is 0.892. The van der Waals surface area contributed by atoms with Crippen LogP contribution in [0.15, 0.2) is 30.5 Å². The zero-order valence-electron chi connectivity index (χ0n) is 15.7. The van der Waals surface area contributed by atoms with E-state index in [0.29, 0.717) is 25.0 Å². The molecule has 0 spiro atoms. The Morgan fingerprint density at radius 2 is 2.27 bits per heavy atom. The van der Waals surface area contributed by atoms with Crippen molar-refractivity contribution in [3.63, 3.8) is 0 Å². The molecule has 1 saturated heterocycles. The van der Waals surface area contributed by atoms with Crippen molar-refractivity contribution in [2.75, 3.05) is 26.8 Å². The second kappa shape index (κ2) is 7.91. The number of rotatable bonds is 5. The second-order valence-corrected chi connectivity index (χ2v) is 7.33. The lowest BCUT2D eigenvalue weighted by atomic mass is 10.0. The first kappa shape index (κ1) is 18.5. The van der Waals surface area contributed by atoms with Gasteiger partial charge < -0.3 is 14.7 Å². The minimum Gasteiger partial charge on any atom is -0.504 e. The molecular weight excluding hydrogens is 330 g/mol. The fourth-order valence-corrected chi connectivity index (χ4v) is 3.28. The predicted octanol–water partition coefficient (Wildman–Crippen LogP) is 3.20. The Morgan fingerprint density at radius 1 is 1.46 bits per heavy atom. The maximum atomic E-state index is 12.7. The van der Waals surface area contributed by atoms with Crippen molar-refractivity contribution in [2.45, 2.75) is 32.6 Å². The van der Waals surface area contributed by atoms with Crippen molar-refractivity contribution in [1.29, 1.82) is 0 Å². The third-order valence-corrected chi connectivity index (χ3v) is 4.83. The fraction of sp³-hybridized carbons (Fsp3) is 0.500. The smallest absolute Gasteiger partial charge is 0.277 e. The van der Waals surface area contributed by atoms with Crippen LogP contribution in [-0.4, -0.2) is 52.5 Å². The molecule has 26 heavy (non-hydrogen) atoms. The number of aromatic nitrogens is 2. The van der Waals surface area contributed by atoms with E-state index in [-0.39, 0.29) is 17.4 Å². The van der Waals surface area contributed by atoms with Crippen LogP contribution in [-0.2, 0) is 4.74 Å². The number of aromatic hydroxyl groups is 1. The van der Waals surface area contributed by atoms with Crippen LogP contribution in [0.1, 0.15) is 48.7 Å². The van der Waals surface area contributed by atoms with Gasteiger partial charge in [0.2, 0.25) is 0 Å². The summed E-state index contributed by atoms with van der Waals surface area (Å²) in [5.74, 6) is 0.359. The molecule has 0 aliphatic carbocycles. The topological polar surface area (TPSA) is 67.6 Å². The van der Waals surface area contributed by atoms with E-state index in [1.807, 2.05) is 18.2 Å². The van der Waals surface area contributed by atoms with Gasteiger partial charge in [0, 0.05) is 20.2 Å². The lowest BCUT2D eigenvalue weighted by molar-refractivity contribution is 0.0386. The Morgan fingerprint density at radius 3 is 2.96 bits per heavy atom. The molecule has 1 N–H and O–H groups in total. The lowest BCUT2D eigenvalue weighted by Crippen LogP contribution is -2.35. The first-order chi connectivity index (χ1) is 12.5. The Hall–Kier alpha value is -2.34. The van der Waals surface area contributed by atoms with Gasteiger partial charge in [0.1, 0.15) is 0 Å². The van der Waals surface area contributed by atoms with Crippen molar-refractivity contribution in [3.8, 4) is 11.4 Å². The predicted molar refractivity (Wildman–Crippen MR) is 99.8 cm³/mol. The summed E-state index contributed by atoms with van der Waals surface area (Å²) in [5.41, 5.74) is 2.09. The summed E-state index contributed by atoms with van der Waals surface area (Å²) in [5, 5.41) is 14.6. The molecule has 0 radical (unpaired) electrons. The van der Waals surface area contributed by atoms with Crippen LogP contribution in [0.4, 0.5) is 0 Å². The van der Waals surface area contributed by atoms with Gasteiger partial charge in [-0.25, -0.2) is 4.68 Å². The van der Waals surface area contributed by atoms with E-state index in [1.54, 1.807) is 16.6 Å². The Kier molecular flexibility index (Phi) is 5.61. The van der Waals surface area contributed by atoms with Gasteiger partial charge in [0.05, 0.1) is 18.5 Å². The molecule has 1 aliphatic rings. The number of hydrogen-bond acceptors (Lipinski definition) is 4. The summed E-state index contributed by atoms with van der Waals surface area (Å²) in [6.07, 6.45) is 3.57. The van der Waals surface area contributed by atoms with Crippen LogP contribution < -0.4 is 0 Å². The monoisotopic (exact) mass is 357 g/mol. The van der Waals surface area contributed by atoms with Gasteiger partial charge in [-0.1, -0.05) is 26.0 Å². The first-order valence-electron chi connectivity index (χ1n) is 9.18. The molecule has 1 aromatic heterocycles. The number of nitrogens with zero attached hydrogens (tertiary/aromatic N) is 3. The van der Waals surface area contributed by atoms with Crippen LogP contribution in [0.2, 0.25) is 0 Å². The van der Waals surface area contributed by atoms with Crippen LogP contribution in [0.3, 0.4) is 0 Å². The third kappa shape index (κ3) is 4.07. The standard InChI is InChI=1S/C20H27N3O3/c1-14(2)16-7-4-8-17(10-16)23-12-18(24)19(21-23)20(25)22(3)11-15-6-5-9-26-13-15/h4,7-8,10,12,14-15,24H,5-6,9,11,13H2,1-3H3. The molecule has 1 aromatic carbocycles. The van der Waals surface area contributed by atoms with E-state index < -0.39 is 0 Å². The number of hydrogen-bond donors (Lipinski definition) is 1. The Bertz CT molecular complexity index is 763. The van der Waals surface area contributed by atoms with Gasteiger partial charge >= 0.3 is 0 Å². The highest BCUT2D eigenvalue weighted by molar-refractivity contribution is 5.94. The Balaban J connectivity index is 1.76. The lowest BCUT2D eigenvalue weighted by Gasteiger charge is -2.26. The van der Waals surface area contributed by atoms with Gasteiger partial charge in [-0.2, -0.15) is 5.10 Å². The average Bonchev–Trinajstić information content (AvgIpc) is 3.03. The van der Waals surface area contributed by atoms with Crippen molar-refractivity contribution in [3.05, 3.63) is 41.7 Å². The maximum Gasteiger partial charge on any atom is 0.277 e. The van der Waals surface area contributed by atoms with Crippen LogP contribution in [0.5, 0.6) is 5.75 Å². The van der Waals surface area contributed by atoms with Crippen LogP contribution in [0, 0.1) is 5.92 Å². The van der Waals surface area contributed by atoms with Crippen LogP contribution >= 0.6 is 0 Å². The molecular formula is C20H27N3O3. The van der Waals surface area contributed by atoms with E-state index in [1.165, 1.54) is 11.8 Å². The molecule has 0 saturated carbocycles. The van der Waals surface area contributed by atoms with E-state index in [9.17, 15) is 9.90 Å². The molecule has 0 bridgehead atoms. The van der Waals surface area contributed by atoms with Gasteiger partial charge in [-0.3, -0.25) is 4.79 Å². The molecule has 1 unspecified atom stereocenters. The largest absolute Gasteiger partial charge is 0.504 e. The van der Waals surface area contributed by atoms with E-state index in [2.05, 4.69) is 25.0 Å². The molecule has 2 aromatic rings. The summed E-state index contributed by atoms with van der Waals surface area (Å²) in [6, 6.07) is 7.95. The first-order valence-corrected chi connectivity index (χ1v) is 9.18. The van der Waals surface area contributed by atoms with E-state index >= 15 is 0 Å². The van der Waals surface area contributed by atoms with Crippen molar-refractivity contribution < 1.29 is 14.6 Å². The molecule has 1 amide bonds. The molecule has 1 atom stereocenters. The van der Waals surface area contributed by atoms with Crippen molar-refractivity contribution in [1.82, 2.24) is 14.7 Å². The highest BCUT2D eigenvalue weighted by Crippen LogP contribution is 2.23. The summed E-state index contributed by atoms with van der Waals surface area (Å²) in [7, 11) is 1.74. The minimum absolute atomic E-state index is 0.0826. The zero-order valence-corrected chi connectivity index (χ0v) is 15.7. The minimum atomic E-state index is -0.271. The second-order valence-electron chi connectivity index (χ2n) is 7.33. The highest BCUT2D eigenvalue weighted by Gasteiger charge is 2.24. The number of amides is 1. The zero-order chi connectivity index (χ0) is 18.7. The van der Waals surface area contributed by atoms with Crippen LogP contribution in [0.25, 0.3) is 5.69 Å². The molecule has 3 rings (SSSR count). The van der Waals surface area contributed by atoms with Crippen molar-refractivity contribution >= 4 is 5.91 Å². The number of benzene rings is 1. The number of carbonyl (C=O) groups excluding carboxylic acids is 1. The summed E-state index contributed by atoms with van der Waals surface area (Å²) in [6.45, 7) is 6.33. The van der Waals surface area contributed by atoms with Gasteiger partial charge in [-0.05, 0) is 42.4 Å². The molecule has 1 fully saturated rings. The summed E-state index contributed by atoms with van der Waals surface area (Å²) in [4.78, 5) is 14.3. The average molecular weight is 357 g/mol. The maximum absolute atomic E-state index is 12.7. The SMILES string of the molecule is CC(C)c1cccc(-n2cc(O)c(C(=O)N(C)CC3CCCOC3)n2)c1. The van der Waals surface area contributed by atoms with E-state index in [4.69, 9.17) is 4.74 Å².